The van der Waals surface area contributed by atoms with Gasteiger partial charge >= 0.3 is 0 Å². The molecular weight excluding hydrogens is 352 g/mol. The first-order valence-corrected chi connectivity index (χ1v) is 9.85. The van der Waals surface area contributed by atoms with E-state index in [1.54, 1.807) is 26.4 Å². The zero-order valence-corrected chi connectivity index (χ0v) is 17.2. The van der Waals surface area contributed by atoms with Crippen molar-refractivity contribution >= 4 is 11.6 Å². The molecule has 1 N–H and O–H groups in total. The highest BCUT2D eigenvalue weighted by Gasteiger charge is 2.17. The second-order valence-electron chi connectivity index (χ2n) is 7.64. The third-order valence-electron chi connectivity index (χ3n) is 5.37. The SMILES string of the molecule is COc1cc(C(=O)Nc2ccc(CN3CCCC(C)C3)cc2)cc(OC)c1C. The second kappa shape index (κ2) is 9.11. The summed E-state index contributed by atoms with van der Waals surface area (Å²) in [5.74, 6) is 1.86. The van der Waals surface area contributed by atoms with Crippen LogP contribution in [0.15, 0.2) is 36.4 Å². The number of carbonyl (C=O) groups excluding carboxylic acids is 1. The van der Waals surface area contributed by atoms with Gasteiger partial charge in [0.1, 0.15) is 11.5 Å². The number of nitrogens with one attached hydrogen (secondary N) is 1. The van der Waals surface area contributed by atoms with Crippen molar-refractivity contribution in [1.29, 1.82) is 0 Å². The number of hydrogen-bond acceptors (Lipinski definition) is 4. The Morgan fingerprint density at radius 2 is 1.79 bits per heavy atom. The predicted molar refractivity (Wildman–Crippen MR) is 112 cm³/mol. The molecular formula is C23H30N2O3. The summed E-state index contributed by atoms with van der Waals surface area (Å²) >= 11 is 0. The lowest BCUT2D eigenvalue weighted by Crippen LogP contribution is -2.33. The number of ether oxygens (including phenoxy) is 2. The maximum Gasteiger partial charge on any atom is 0.255 e. The fourth-order valence-corrected chi connectivity index (χ4v) is 3.80. The highest BCUT2D eigenvalue weighted by atomic mass is 16.5. The summed E-state index contributed by atoms with van der Waals surface area (Å²) in [7, 11) is 3.18. The zero-order chi connectivity index (χ0) is 20.1. The molecule has 0 saturated carbocycles. The van der Waals surface area contributed by atoms with E-state index in [1.165, 1.54) is 24.9 Å². The van der Waals surface area contributed by atoms with Gasteiger partial charge in [0.15, 0.2) is 0 Å². The molecule has 3 rings (SSSR count). The van der Waals surface area contributed by atoms with Crippen LogP contribution in [0.25, 0.3) is 0 Å². The zero-order valence-electron chi connectivity index (χ0n) is 17.2. The van der Waals surface area contributed by atoms with Gasteiger partial charge in [-0.2, -0.15) is 0 Å². The van der Waals surface area contributed by atoms with Crippen LogP contribution in [0.1, 0.15) is 41.3 Å². The molecule has 150 valence electrons. The van der Waals surface area contributed by atoms with Crippen LogP contribution in [0, 0.1) is 12.8 Å². The number of rotatable bonds is 6. The monoisotopic (exact) mass is 382 g/mol. The lowest BCUT2D eigenvalue weighted by atomic mass is 10.00. The minimum Gasteiger partial charge on any atom is -0.496 e. The summed E-state index contributed by atoms with van der Waals surface area (Å²) in [4.78, 5) is 15.2. The average molecular weight is 383 g/mol. The van der Waals surface area contributed by atoms with Crippen LogP contribution in [0.4, 0.5) is 5.69 Å². The lowest BCUT2D eigenvalue weighted by molar-refractivity contribution is 0.102. The van der Waals surface area contributed by atoms with Gasteiger partial charge in [0.25, 0.3) is 5.91 Å². The number of amides is 1. The maximum atomic E-state index is 12.7. The molecule has 1 atom stereocenters. The second-order valence-corrected chi connectivity index (χ2v) is 7.64. The van der Waals surface area contributed by atoms with Crippen molar-refractivity contribution in [3.05, 3.63) is 53.1 Å². The molecule has 0 bridgehead atoms. The van der Waals surface area contributed by atoms with E-state index in [1.807, 2.05) is 19.1 Å². The quantitative estimate of drug-likeness (QED) is 0.799. The van der Waals surface area contributed by atoms with E-state index in [2.05, 4.69) is 29.3 Å². The van der Waals surface area contributed by atoms with Crippen LogP contribution < -0.4 is 14.8 Å². The average Bonchev–Trinajstić information content (AvgIpc) is 2.69. The maximum absolute atomic E-state index is 12.7. The number of hydrogen-bond donors (Lipinski definition) is 1. The Hall–Kier alpha value is -2.53. The molecule has 0 spiro atoms. The van der Waals surface area contributed by atoms with Crippen molar-refractivity contribution in [2.45, 2.75) is 33.2 Å². The van der Waals surface area contributed by atoms with Crippen LogP contribution in [0.3, 0.4) is 0 Å². The van der Waals surface area contributed by atoms with Crippen molar-refractivity contribution < 1.29 is 14.3 Å². The summed E-state index contributed by atoms with van der Waals surface area (Å²) in [5, 5.41) is 2.95. The van der Waals surface area contributed by atoms with E-state index in [0.717, 1.165) is 30.3 Å². The molecule has 0 aliphatic carbocycles. The number of likely N-dealkylation sites (tertiary alicyclic amines) is 1. The Morgan fingerprint density at radius 3 is 2.36 bits per heavy atom. The van der Waals surface area contributed by atoms with Crippen molar-refractivity contribution in [2.75, 3.05) is 32.6 Å². The van der Waals surface area contributed by atoms with E-state index in [4.69, 9.17) is 9.47 Å². The molecule has 1 aliphatic rings. The van der Waals surface area contributed by atoms with Gasteiger partial charge in [-0.15, -0.1) is 0 Å². The molecule has 5 heteroatoms. The van der Waals surface area contributed by atoms with Crippen LogP contribution in [0.5, 0.6) is 11.5 Å². The lowest BCUT2D eigenvalue weighted by Gasteiger charge is -2.30. The Bertz CT molecular complexity index is 792. The van der Waals surface area contributed by atoms with Crippen molar-refractivity contribution in [3.63, 3.8) is 0 Å². The summed E-state index contributed by atoms with van der Waals surface area (Å²) in [6.07, 6.45) is 2.61. The van der Waals surface area contributed by atoms with Gasteiger partial charge in [-0.05, 0) is 62.1 Å². The highest BCUT2D eigenvalue weighted by molar-refractivity contribution is 6.05. The van der Waals surface area contributed by atoms with Gasteiger partial charge < -0.3 is 14.8 Å². The molecule has 1 saturated heterocycles. The Kier molecular flexibility index (Phi) is 6.57. The van der Waals surface area contributed by atoms with E-state index in [-0.39, 0.29) is 5.91 Å². The molecule has 1 heterocycles. The Labute approximate surface area is 167 Å². The molecule has 1 fully saturated rings. The van der Waals surface area contributed by atoms with E-state index < -0.39 is 0 Å². The minimum absolute atomic E-state index is 0.186. The minimum atomic E-state index is -0.186. The van der Waals surface area contributed by atoms with E-state index in [9.17, 15) is 4.79 Å². The van der Waals surface area contributed by atoms with Gasteiger partial charge in [0.2, 0.25) is 0 Å². The standard InChI is InChI=1S/C23H30N2O3/c1-16-6-5-11-25(14-16)15-18-7-9-20(10-8-18)24-23(26)19-12-21(27-3)17(2)22(13-19)28-4/h7-10,12-13,16H,5-6,11,14-15H2,1-4H3,(H,24,26). The van der Waals surface area contributed by atoms with E-state index in [0.29, 0.717) is 17.1 Å². The molecule has 2 aromatic carbocycles. The molecule has 0 radical (unpaired) electrons. The topological polar surface area (TPSA) is 50.8 Å². The third-order valence-corrected chi connectivity index (χ3v) is 5.37. The number of anilines is 1. The highest BCUT2D eigenvalue weighted by Crippen LogP contribution is 2.30. The number of methoxy groups -OCH3 is 2. The first-order valence-electron chi connectivity index (χ1n) is 9.85. The molecule has 1 unspecified atom stereocenters. The molecule has 1 aliphatic heterocycles. The number of nitrogens with zero attached hydrogens (tertiary/aromatic N) is 1. The molecule has 28 heavy (non-hydrogen) atoms. The number of carbonyl (C=O) groups is 1. The number of benzene rings is 2. The Morgan fingerprint density at radius 1 is 1.14 bits per heavy atom. The first kappa shape index (κ1) is 20.2. The normalized spacial score (nSPS) is 17.2. The third kappa shape index (κ3) is 4.84. The van der Waals surface area contributed by atoms with Gasteiger partial charge in [-0.25, -0.2) is 0 Å². The first-order chi connectivity index (χ1) is 13.5. The molecule has 5 nitrogen and oxygen atoms in total. The molecule has 1 amide bonds. The van der Waals surface area contributed by atoms with Crippen LogP contribution in [0.2, 0.25) is 0 Å². The van der Waals surface area contributed by atoms with Crippen LogP contribution in [-0.4, -0.2) is 38.1 Å². The predicted octanol–water partition coefficient (Wildman–Crippen LogP) is 4.50. The smallest absolute Gasteiger partial charge is 0.255 e. The fourth-order valence-electron chi connectivity index (χ4n) is 3.80. The van der Waals surface area contributed by atoms with Crippen LogP contribution in [-0.2, 0) is 6.54 Å². The summed E-state index contributed by atoms with van der Waals surface area (Å²) in [5.41, 5.74) is 3.42. The molecule has 0 aromatic heterocycles. The fraction of sp³-hybridized carbons (Fsp3) is 0.435. The van der Waals surface area contributed by atoms with Crippen LogP contribution >= 0.6 is 0 Å². The number of piperidine rings is 1. The van der Waals surface area contributed by atoms with Crippen molar-refractivity contribution in [3.8, 4) is 11.5 Å². The largest absolute Gasteiger partial charge is 0.496 e. The Balaban J connectivity index is 1.66. The van der Waals surface area contributed by atoms with Gasteiger partial charge in [-0.3, -0.25) is 9.69 Å². The summed E-state index contributed by atoms with van der Waals surface area (Å²) in [6.45, 7) is 7.52. The van der Waals surface area contributed by atoms with Crippen molar-refractivity contribution in [1.82, 2.24) is 4.90 Å². The summed E-state index contributed by atoms with van der Waals surface area (Å²) in [6, 6.07) is 11.6. The van der Waals surface area contributed by atoms with Crippen molar-refractivity contribution in [2.24, 2.45) is 5.92 Å². The summed E-state index contributed by atoms with van der Waals surface area (Å²) < 4.78 is 10.7. The molecule has 2 aromatic rings. The van der Waals surface area contributed by atoms with E-state index >= 15 is 0 Å². The van der Waals surface area contributed by atoms with Gasteiger partial charge in [0.05, 0.1) is 14.2 Å². The van der Waals surface area contributed by atoms with Gasteiger partial charge in [0, 0.05) is 29.9 Å². The van der Waals surface area contributed by atoms with Gasteiger partial charge in [-0.1, -0.05) is 19.1 Å².